The molecule has 1 aromatic carbocycles. The largest absolute Gasteiger partial charge is 0.323 e. The van der Waals surface area contributed by atoms with Crippen LogP contribution in [0.25, 0.3) is 10.4 Å². The lowest BCUT2D eigenvalue weighted by Crippen LogP contribution is -2.10. The van der Waals surface area contributed by atoms with Gasteiger partial charge >= 0.3 is 0 Å². The van der Waals surface area contributed by atoms with Crippen LogP contribution in [0, 0.1) is 15.3 Å². The molecule has 2 N–H and O–H groups in total. The smallest absolute Gasteiger partial charge is 0.124 e. The van der Waals surface area contributed by atoms with Crippen molar-refractivity contribution in [2.45, 2.75) is 18.9 Å². The fourth-order valence-electron chi connectivity index (χ4n) is 2.05. The van der Waals surface area contributed by atoms with Crippen LogP contribution >= 0.6 is 33.9 Å². The van der Waals surface area contributed by atoms with Crippen molar-refractivity contribution in [1.29, 1.82) is 0 Å². The highest BCUT2D eigenvalue weighted by Crippen LogP contribution is 2.43. The van der Waals surface area contributed by atoms with Crippen LogP contribution in [0.15, 0.2) is 30.3 Å². The van der Waals surface area contributed by atoms with Crippen LogP contribution in [0.4, 0.5) is 4.39 Å². The van der Waals surface area contributed by atoms with Crippen molar-refractivity contribution < 1.29 is 4.39 Å². The summed E-state index contributed by atoms with van der Waals surface area (Å²) in [5.74, 6) is 0.485. The topological polar surface area (TPSA) is 26.0 Å². The predicted molar refractivity (Wildman–Crippen MR) is 82.1 cm³/mol. The van der Waals surface area contributed by atoms with Crippen LogP contribution in [0.2, 0.25) is 0 Å². The first-order valence-corrected chi connectivity index (χ1v) is 7.85. The summed E-state index contributed by atoms with van der Waals surface area (Å²) < 4.78 is 14.0. The number of hydrogen-bond donors (Lipinski definition) is 1. The molecule has 0 bridgehead atoms. The van der Waals surface area contributed by atoms with Gasteiger partial charge in [-0.15, -0.1) is 11.3 Å². The monoisotopic (exact) mass is 373 g/mol. The van der Waals surface area contributed by atoms with Gasteiger partial charge in [-0.25, -0.2) is 4.39 Å². The highest BCUT2D eigenvalue weighted by molar-refractivity contribution is 14.1. The van der Waals surface area contributed by atoms with Crippen molar-refractivity contribution in [3.8, 4) is 10.4 Å². The number of thiophene rings is 1. The van der Waals surface area contributed by atoms with Crippen LogP contribution in [0.5, 0.6) is 0 Å². The molecule has 18 heavy (non-hydrogen) atoms. The van der Waals surface area contributed by atoms with Gasteiger partial charge in [0.25, 0.3) is 0 Å². The fourth-order valence-corrected chi connectivity index (χ4v) is 4.15. The Morgan fingerprint density at radius 3 is 2.72 bits per heavy atom. The molecule has 0 radical (unpaired) electrons. The minimum atomic E-state index is -0.186. The van der Waals surface area contributed by atoms with E-state index < -0.39 is 0 Å². The Labute approximate surface area is 123 Å². The van der Waals surface area contributed by atoms with Gasteiger partial charge in [-0.1, -0.05) is 0 Å². The normalized spacial score (nSPS) is 16.8. The van der Waals surface area contributed by atoms with E-state index in [0.717, 1.165) is 9.13 Å². The lowest BCUT2D eigenvalue weighted by Gasteiger charge is -2.06. The van der Waals surface area contributed by atoms with Gasteiger partial charge in [0.2, 0.25) is 0 Å². The van der Waals surface area contributed by atoms with E-state index in [9.17, 15) is 4.39 Å². The first kappa shape index (κ1) is 12.6. The summed E-state index contributed by atoms with van der Waals surface area (Å²) in [6.07, 6.45) is 2.50. The molecule has 1 aliphatic carbocycles. The molecule has 1 heterocycles. The van der Waals surface area contributed by atoms with E-state index >= 15 is 0 Å². The van der Waals surface area contributed by atoms with E-state index in [1.807, 2.05) is 6.07 Å². The quantitative estimate of drug-likeness (QED) is 0.784. The van der Waals surface area contributed by atoms with Crippen molar-refractivity contribution in [1.82, 2.24) is 0 Å². The third-order valence-electron chi connectivity index (χ3n) is 3.28. The summed E-state index contributed by atoms with van der Waals surface area (Å²) in [6.45, 7) is 0. The average Bonchev–Trinajstić information content (AvgIpc) is 3.07. The molecule has 0 amide bonds. The van der Waals surface area contributed by atoms with Crippen LogP contribution in [0.1, 0.15) is 23.8 Å². The Hall–Kier alpha value is -0.460. The van der Waals surface area contributed by atoms with Gasteiger partial charge in [-0.05, 0) is 71.7 Å². The third kappa shape index (κ3) is 2.46. The standard InChI is InChI=1S/C14H13FINS/c15-9-3-4-10(11(16)7-9)12-5-6-13(18-12)14(17)8-1-2-8/h3-8,14H,1-2,17H2. The minimum absolute atomic E-state index is 0.182. The highest BCUT2D eigenvalue weighted by atomic mass is 127. The van der Waals surface area contributed by atoms with Gasteiger partial charge in [-0.2, -0.15) is 0 Å². The Morgan fingerprint density at radius 2 is 2.06 bits per heavy atom. The third-order valence-corrected chi connectivity index (χ3v) is 5.39. The Balaban J connectivity index is 1.92. The molecule has 0 aliphatic heterocycles. The molecular formula is C14H13FINS. The molecule has 1 nitrogen and oxygen atoms in total. The zero-order valence-corrected chi connectivity index (χ0v) is 12.7. The summed E-state index contributed by atoms with van der Waals surface area (Å²) >= 11 is 3.91. The fraction of sp³-hybridized carbons (Fsp3) is 0.286. The lowest BCUT2D eigenvalue weighted by molar-refractivity contribution is 0.627. The second-order valence-electron chi connectivity index (χ2n) is 4.69. The summed E-state index contributed by atoms with van der Waals surface area (Å²) in [5, 5.41) is 0. The highest BCUT2D eigenvalue weighted by Gasteiger charge is 2.30. The van der Waals surface area contributed by atoms with Crippen LogP contribution < -0.4 is 5.73 Å². The Morgan fingerprint density at radius 1 is 1.28 bits per heavy atom. The second kappa shape index (κ2) is 4.90. The molecule has 1 aromatic heterocycles. The molecule has 1 unspecified atom stereocenters. The van der Waals surface area contributed by atoms with Crippen molar-refractivity contribution in [3.63, 3.8) is 0 Å². The SMILES string of the molecule is NC(c1ccc(-c2ccc(F)cc2I)s1)C1CC1. The lowest BCUT2D eigenvalue weighted by atomic mass is 10.1. The summed E-state index contributed by atoms with van der Waals surface area (Å²) in [5.41, 5.74) is 7.30. The maximum atomic E-state index is 13.1. The predicted octanol–water partition coefficient (Wildman–Crippen LogP) is 4.57. The molecule has 1 saturated carbocycles. The molecule has 0 spiro atoms. The van der Waals surface area contributed by atoms with E-state index in [1.54, 1.807) is 17.4 Å². The first-order chi connectivity index (χ1) is 8.65. The van der Waals surface area contributed by atoms with Crippen LogP contribution in [-0.2, 0) is 0 Å². The molecule has 0 saturated heterocycles. The molecule has 4 heteroatoms. The summed E-state index contributed by atoms with van der Waals surface area (Å²) in [7, 11) is 0. The second-order valence-corrected chi connectivity index (χ2v) is 6.97. The Bertz CT molecular complexity index is 577. The number of nitrogens with two attached hydrogens (primary N) is 1. The van der Waals surface area contributed by atoms with Gasteiger partial charge in [0.15, 0.2) is 0 Å². The van der Waals surface area contributed by atoms with Crippen LogP contribution in [-0.4, -0.2) is 0 Å². The molecule has 94 valence electrons. The number of rotatable bonds is 3. The first-order valence-electron chi connectivity index (χ1n) is 5.96. The van der Waals surface area contributed by atoms with Crippen molar-refractivity contribution in [2.24, 2.45) is 11.7 Å². The average molecular weight is 373 g/mol. The van der Waals surface area contributed by atoms with Crippen LogP contribution in [0.3, 0.4) is 0 Å². The maximum Gasteiger partial charge on any atom is 0.124 e. The van der Waals surface area contributed by atoms with E-state index in [4.69, 9.17) is 5.73 Å². The molecule has 1 aliphatic rings. The van der Waals surface area contributed by atoms with Crippen molar-refractivity contribution >= 4 is 33.9 Å². The van der Waals surface area contributed by atoms with Gasteiger partial charge in [0.05, 0.1) is 0 Å². The molecule has 2 aromatic rings. The zero-order chi connectivity index (χ0) is 12.7. The zero-order valence-electron chi connectivity index (χ0n) is 9.70. The van der Waals surface area contributed by atoms with Gasteiger partial charge in [0.1, 0.15) is 5.82 Å². The Kier molecular flexibility index (Phi) is 3.42. The number of hydrogen-bond acceptors (Lipinski definition) is 2. The van der Waals surface area contributed by atoms with E-state index in [1.165, 1.54) is 28.7 Å². The summed E-state index contributed by atoms with van der Waals surface area (Å²) in [4.78, 5) is 2.41. The van der Waals surface area contributed by atoms with Crippen molar-refractivity contribution in [3.05, 3.63) is 44.6 Å². The van der Waals surface area contributed by atoms with Crippen molar-refractivity contribution in [2.75, 3.05) is 0 Å². The van der Waals surface area contributed by atoms with E-state index in [0.29, 0.717) is 5.92 Å². The minimum Gasteiger partial charge on any atom is -0.323 e. The van der Waals surface area contributed by atoms with Gasteiger partial charge < -0.3 is 5.73 Å². The van der Waals surface area contributed by atoms with E-state index in [-0.39, 0.29) is 11.9 Å². The molecule has 1 fully saturated rings. The molecular weight excluding hydrogens is 360 g/mol. The van der Waals surface area contributed by atoms with E-state index in [2.05, 4.69) is 34.7 Å². The number of halogens is 2. The van der Waals surface area contributed by atoms with Gasteiger partial charge in [0, 0.05) is 24.9 Å². The molecule has 1 atom stereocenters. The van der Waals surface area contributed by atoms with Gasteiger partial charge in [-0.3, -0.25) is 0 Å². The number of benzene rings is 1. The maximum absolute atomic E-state index is 13.1. The summed E-state index contributed by atoms with van der Waals surface area (Å²) in [6, 6.07) is 9.31. The molecule has 3 rings (SSSR count).